The van der Waals surface area contributed by atoms with Crippen molar-refractivity contribution >= 4 is 12.0 Å². The SMILES string of the molecule is O=C1N=c2cc(F)cc(F)c2=C[C@@H]1O. The maximum Gasteiger partial charge on any atom is 0.279 e. The number of aliphatic hydroxyl groups excluding tert-OH is 1. The van der Waals surface area contributed by atoms with E-state index in [9.17, 15) is 13.6 Å². The molecular weight excluding hydrogens is 192 g/mol. The zero-order chi connectivity index (χ0) is 10.3. The van der Waals surface area contributed by atoms with E-state index >= 15 is 0 Å². The monoisotopic (exact) mass is 197 g/mol. The van der Waals surface area contributed by atoms with E-state index in [1.807, 2.05) is 0 Å². The molecule has 0 bridgehead atoms. The van der Waals surface area contributed by atoms with Gasteiger partial charge in [-0.1, -0.05) is 0 Å². The molecule has 3 nitrogen and oxygen atoms in total. The third kappa shape index (κ3) is 1.31. The Bertz CT molecular complexity index is 524. The van der Waals surface area contributed by atoms with E-state index in [1.165, 1.54) is 0 Å². The lowest BCUT2D eigenvalue weighted by Gasteiger charge is -2.05. The summed E-state index contributed by atoms with van der Waals surface area (Å²) in [6, 6.07) is 1.62. The Morgan fingerprint density at radius 1 is 1.36 bits per heavy atom. The smallest absolute Gasteiger partial charge is 0.279 e. The van der Waals surface area contributed by atoms with E-state index in [1.54, 1.807) is 0 Å². The van der Waals surface area contributed by atoms with Crippen LogP contribution in [0.1, 0.15) is 0 Å². The van der Waals surface area contributed by atoms with Crippen LogP contribution in [0.25, 0.3) is 6.08 Å². The summed E-state index contributed by atoms with van der Waals surface area (Å²) in [5.41, 5.74) is 0. The van der Waals surface area contributed by atoms with Crippen LogP contribution < -0.4 is 10.6 Å². The van der Waals surface area contributed by atoms with Crippen molar-refractivity contribution < 1.29 is 18.7 Å². The van der Waals surface area contributed by atoms with Gasteiger partial charge in [-0.3, -0.25) is 4.79 Å². The standard InChI is InChI=1S/C9H5F2NO2/c10-4-1-6(11)5-3-8(13)9(14)12-7(5)2-4/h1-3,8,13H/t8-/m0/s1. The minimum absolute atomic E-state index is 0.0431. The molecule has 1 amide bonds. The summed E-state index contributed by atoms with van der Waals surface area (Å²) in [5, 5.41) is 8.93. The molecule has 0 aliphatic carbocycles. The van der Waals surface area contributed by atoms with Gasteiger partial charge in [-0.05, 0) is 6.08 Å². The number of aliphatic hydroxyl groups is 1. The molecule has 0 spiro atoms. The van der Waals surface area contributed by atoms with Crippen molar-refractivity contribution in [3.8, 4) is 0 Å². The summed E-state index contributed by atoms with van der Waals surface area (Å²) in [6.07, 6.45) is -0.429. The predicted molar refractivity (Wildman–Crippen MR) is 42.6 cm³/mol. The number of hydrogen-bond donors (Lipinski definition) is 1. The van der Waals surface area contributed by atoms with Crippen molar-refractivity contribution in [1.82, 2.24) is 0 Å². The second-order valence-corrected chi connectivity index (χ2v) is 2.88. The average Bonchev–Trinajstić information content (AvgIpc) is 2.08. The number of carbonyl (C=O) groups is 1. The third-order valence-electron chi connectivity index (χ3n) is 1.88. The molecule has 0 radical (unpaired) electrons. The quantitative estimate of drug-likeness (QED) is 0.596. The van der Waals surface area contributed by atoms with Gasteiger partial charge in [-0.2, -0.15) is 0 Å². The molecule has 0 saturated heterocycles. The summed E-state index contributed by atoms with van der Waals surface area (Å²) in [7, 11) is 0. The molecule has 1 heterocycles. The molecule has 0 unspecified atom stereocenters. The van der Waals surface area contributed by atoms with Crippen LogP contribution in [0.15, 0.2) is 17.1 Å². The van der Waals surface area contributed by atoms with Gasteiger partial charge in [0.25, 0.3) is 5.91 Å². The number of nitrogens with zero attached hydrogens (tertiary/aromatic N) is 1. The van der Waals surface area contributed by atoms with Gasteiger partial charge >= 0.3 is 0 Å². The first-order valence-electron chi connectivity index (χ1n) is 3.85. The number of amides is 1. The Balaban J connectivity index is 2.86. The van der Waals surface area contributed by atoms with Crippen LogP contribution in [0.3, 0.4) is 0 Å². The predicted octanol–water partition coefficient (Wildman–Crippen LogP) is -0.734. The topological polar surface area (TPSA) is 49.7 Å². The van der Waals surface area contributed by atoms with Crippen LogP contribution in [-0.4, -0.2) is 17.1 Å². The normalized spacial score (nSPS) is 19.6. The Morgan fingerprint density at radius 2 is 2.07 bits per heavy atom. The number of carbonyl (C=O) groups excluding carboxylic acids is 1. The molecule has 1 aliphatic rings. The van der Waals surface area contributed by atoms with E-state index in [4.69, 9.17) is 5.11 Å². The average molecular weight is 197 g/mol. The van der Waals surface area contributed by atoms with E-state index in [0.717, 1.165) is 12.1 Å². The molecule has 0 aromatic heterocycles. The van der Waals surface area contributed by atoms with Gasteiger partial charge in [-0.25, -0.2) is 13.8 Å². The van der Waals surface area contributed by atoms with E-state index in [0.29, 0.717) is 6.07 Å². The molecule has 14 heavy (non-hydrogen) atoms. The highest BCUT2D eigenvalue weighted by molar-refractivity contribution is 5.88. The molecule has 0 fully saturated rings. The minimum Gasteiger partial charge on any atom is -0.379 e. The summed E-state index contributed by atoms with van der Waals surface area (Å²) >= 11 is 0. The van der Waals surface area contributed by atoms with Crippen molar-refractivity contribution in [2.45, 2.75) is 6.10 Å². The molecular formula is C9H5F2NO2. The van der Waals surface area contributed by atoms with Crippen LogP contribution in [-0.2, 0) is 4.79 Å². The Labute approximate surface area is 77.0 Å². The van der Waals surface area contributed by atoms with Crippen molar-refractivity contribution in [2.75, 3.05) is 0 Å². The number of rotatable bonds is 0. The lowest BCUT2D eigenvalue weighted by molar-refractivity contribution is -0.123. The van der Waals surface area contributed by atoms with Crippen molar-refractivity contribution in [2.24, 2.45) is 4.99 Å². The third-order valence-corrected chi connectivity index (χ3v) is 1.88. The number of benzene rings is 1. The molecule has 5 heteroatoms. The zero-order valence-corrected chi connectivity index (χ0v) is 6.87. The second-order valence-electron chi connectivity index (χ2n) is 2.88. The van der Waals surface area contributed by atoms with Gasteiger partial charge in [0.05, 0.1) is 5.36 Å². The summed E-state index contributed by atoms with van der Waals surface area (Å²) in [5.74, 6) is -2.46. The molecule has 2 rings (SSSR count). The molecule has 1 aromatic carbocycles. The molecule has 72 valence electrons. The fourth-order valence-electron chi connectivity index (χ4n) is 1.24. The first-order chi connectivity index (χ1) is 6.58. The van der Waals surface area contributed by atoms with Crippen molar-refractivity contribution in [1.29, 1.82) is 0 Å². The van der Waals surface area contributed by atoms with Crippen LogP contribution in [0.5, 0.6) is 0 Å². The largest absolute Gasteiger partial charge is 0.379 e. The number of halogens is 2. The molecule has 1 aromatic rings. The van der Waals surface area contributed by atoms with Crippen LogP contribution in [0.2, 0.25) is 0 Å². The highest BCUT2D eigenvalue weighted by atomic mass is 19.1. The van der Waals surface area contributed by atoms with E-state index in [2.05, 4.69) is 4.99 Å². The summed E-state index contributed by atoms with van der Waals surface area (Å²) < 4.78 is 25.8. The van der Waals surface area contributed by atoms with E-state index in [-0.39, 0.29) is 10.6 Å². The maximum atomic E-state index is 13.1. The van der Waals surface area contributed by atoms with Crippen LogP contribution in [0.4, 0.5) is 8.78 Å². The van der Waals surface area contributed by atoms with Gasteiger partial charge in [0.15, 0.2) is 6.10 Å². The Kier molecular flexibility index (Phi) is 1.89. The summed E-state index contributed by atoms with van der Waals surface area (Å²) in [4.78, 5) is 14.2. The zero-order valence-electron chi connectivity index (χ0n) is 6.87. The minimum atomic E-state index is -1.44. The first kappa shape index (κ1) is 8.96. The second kappa shape index (κ2) is 2.95. The van der Waals surface area contributed by atoms with Gasteiger partial charge in [0.1, 0.15) is 11.6 Å². The first-order valence-corrected chi connectivity index (χ1v) is 3.85. The summed E-state index contributed by atoms with van der Waals surface area (Å²) in [6.45, 7) is 0. The van der Waals surface area contributed by atoms with Gasteiger partial charge in [0, 0.05) is 17.4 Å². The van der Waals surface area contributed by atoms with Crippen LogP contribution >= 0.6 is 0 Å². The van der Waals surface area contributed by atoms with Crippen LogP contribution in [0, 0.1) is 11.6 Å². The highest BCUT2D eigenvalue weighted by Crippen LogP contribution is 1.97. The fourth-order valence-corrected chi connectivity index (χ4v) is 1.24. The van der Waals surface area contributed by atoms with Gasteiger partial charge in [-0.15, -0.1) is 0 Å². The van der Waals surface area contributed by atoms with E-state index < -0.39 is 23.6 Å². The molecule has 1 atom stereocenters. The Hall–Kier alpha value is -1.62. The lowest BCUT2D eigenvalue weighted by Crippen LogP contribution is -2.38. The highest BCUT2D eigenvalue weighted by Gasteiger charge is 2.16. The number of hydrogen-bond acceptors (Lipinski definition) is 2. The van der Waals surface area contributed by atoms with Crippen molar-refractivity contribution in [3.63, 3.8) is 0 Å². The lowest BCUT2D eigenvalue weighted by atomic mass is 10.1. The molecule has 1 N–H and O–H groups in total. The van der Waals surface area contributed by atoms with Crippen molar-refractivity contribution in [3.05, 3.63) is 34.3 Å². The number of fused-ring (bicyclic) bond motifs is 1. The van der Waals surface area contributed by atoms with Gasteiger partial charge in [0.2, 0.25) is 0 Å². The Morgan fingerprint density at radius 3 is 2.79 bits per heavy atom. The van der Waals surface area contributed by atoms with Gasteiger partial charge < -0.3 is 5.11 Å². The molecule has 0 saturated carbocycles. The molecule has 1 aliphatic heterocycles. The fraction of sp³-hybridized carbons (Fsp3) is 0.111. The maximum absolute atomic E-state index is 13.1.